The number of carbonyl (C=O) groups is 1. The zero-order valence-corrected chi connectivity index (χ0v) is 21.3. The molecule has 1 aliphatic carbocycles. The third-order valence-corrected chi connectivity index (χ3v) is 8.43. The highest BCUT2D eigenvalue weighted by Crippen LogP contribution is 2.33. The Morgan fingerprint density at radius 2 is 1.84 bits per heavy atom. The van der Waals surface area contributed by atoms with Crippen molar-refractivity contribution in [1.82, 2.24) is 29.2 Å². The second kappa shape index (κ2) is 8.62. The van der Waals surface area contributed by atoms with E-state index >= 15 is 0 Å². The molecule has 0 bridgehead atoms. The van der Waals surface area contributed by atoms with E-state index in [0.29, 0.717) is 29.9 Å². The van der Waals surface area contributed by atoms with Gasteiger partial charge < -0.3 is 4.90 Å². The van der Waals surface area contributed by atoms with Crippen LogP contribution in [0.4, 0.5) is 0 Å². The molecule has 1 saturated carbocycles. The Balaban J connectivity index is 1.24. The molecule has 1 aliphatic heterocycles. The maximum Gasteiger partial charge on any atom is 0.264 e. The van der Waals surface area contributed by atoms with Gasteiger partial charge in [0.25, 0.3) is 5.56 Å². The zero-order chi connectivity index (χ0) is 25.1. The normalized spacial score (nSPS) is 17.8. The molecule has 1 saturated heterocycles. The fraction of sp³-hybridized carbons (Fsp3) is 0.321. The number of fused-ring (bicyclic) bond motifs is 2. The highest BCUT2D eigenvalue weighted by molar-refractivity contribution is 7.16. The van der Waals surface area contributed by atoms with E-state index in [4.69, 9.17) is 4.98 Å². The lowest BCUT2D eigenvalue weighted by molar-refractivity contribution is -0.131. The monoisotopic (exact) mass is 510 g/mol. The van der Waals surface area contributed by atoms with Crippen molar-refractivity contribution < 1.29 is 4.79 Å². The van der Waals surface area contributed by atoms with Gasteiger partial charge in [-0.2, -0.15) is 5.10 Å². The Bertz CT molecular complexity index is 1710. The third kappa shape index (κ3) is 3.94. The summed E-state index contributed by atoms with van der Waals surface area (Å²) in [6.07, 6.45) is 4.52. The number of aryl methyl sites for hydroxylation is 1. The van der Waals surface area contributed by atoms with Crippen molar-refractivity contribution in [3.63, 3.8) is 0 Å². The number of rotatable bonds is 5. The molecule has 4 heterocycles. The van der Waals surface area contributed by atoms with E-state index in [0.717, 1.165) is 48.0 Å². The van der Waals surface area contributed by atoms with Gasteiger partial charge in [0.1, 0.15) is 11.2 Å². The minimum atomic E-state index is -0.0851. The maximum absolute atomic E-state index is 13.6. The van der Waals surface area contributed by atoms with E-state index in [1.165, 1.54) is 4.70 Å². The average molecular weight is 511 g/mol. The number of hydrogen-bond acceptors (Lipinski definition) is 6. The average Bonchev–Trinajstić information content (AvgIpc) is 3.29. The SMILES string of the molecule is Cn1ncc2c(=O)n(CC3CCN(C(=O)C4CC4)C3)c(-c3ccc(-c4ccc5scnc5c4)cc3)nc21. The Morgan fingerprint density at radius 3 is 2.65 bits per heavy atom. The molecular weight excluding hydrogens is 484 g/mol. The fourth-order valence-corrected chi connectivity index (χ4v) is 6.04. The van der Waals surface area contributed by atoms with Crippen LogP contribution in [0.1, 0.15) is 19.3 Å². The van der Waals surface area contributed by atoms with E-state index in [1.54, 1.807) is 33.8 Å². The van der Waals surface area contributed by atoms with Crippen LogP contribution in [0.5, 0.6) is 0 Å². The van der Waals surface area contributed by atoms with Crippen molar-refractivity contribution in [3.05, 3.63) is 64.5 Å². The van der Waals surface area contributed by atoms with Crippen LogP contribution in [-0.4, -0.2) is 48.2 Å². The molecule has 1 unspecified atom stereocenters. The lowest BCUT2D eigenvalue weighted by Gasteiger charge is -2.18. The number of aromatic nitrogens is 5. The van der Waals surface area contributed by atoms with Gasteiger partial charge in [-0.25, -0.2) is 9.97 Å². The van der Waals surface area contributed by atoms with Crippen LogP contribution in [0.15, 0.2) is 59.0 Å². The van der Waals surface area contributed by atoms with Crippen LogP contribution in [0, 0.1) is 11.8 Å². The Labute approximate surface area is 217 Å². The first-order chi connectivity index (χ1) is 18.0. The van der Waals surface area contributed by atoms with E-state index in [2.05, 4.69) is 40.4 Å². The summed E-state index contributed by atoms with van der Waals surface area (Å²) in [4.78, 5) is 37.5. The van der Waals surface area contributed by atoms with Gasteiger partial charge in [-0.05, 0) is 48.4 Å². The van der Waals surface area contributed by atoms with Crippen molar-refractivity contribution in [2.24, 2.45) is 18.9 Å². The molecule has 1 amide bonds. The van der Waals surface area contributed by atoms with E-state index in [9.17, 15) is 9.59 Å². The largest absolute Gasteiger partial charge is 0.342 e. The summed E-state index contributed by atoms with van der Waals surface area (Å²) >= 11 is 1.63. The Hall–Kier alpha value is -3.85. The molecule has 37 heavy (non-hydrogen) atoms. The molecule has 3 aromatic heterocycles. The van der Waals surface area contributed by atoms with Gasteiger partial charge in [-0.3, -0.25) is 18.8 Å². The quantitative estimate of drug-likeness (QED) is 0.351. The molecule has 2 aliphatic rings. The highest BCUT2D eigenvalue weighted by atomic mass is 32.1. The van der Waals surface area contributed by atoms with Crippen molar-refractivity contribution in [2.75, 3.05) is 13.1 Å². The van der Waals surface area contributed by atoms with Gasteiger partial charge in [-0.15, -0.1) is 11.3 Å². The first-order valence-electron chi connectivity index (χ1n) is 12.7. The fourth-order valence-electron chi connectivity index (χ4n) is 5.38. The van der Waals surface area contributed by atoms with Crippen molar-refractivity contribution >= 4 is 38.5 Å². The van der Waals surface area contributed by atoms with Gasteiger partial charge in [-0.1, -0.05) is 30.3 Å². The summed E-state index contributed by atoms with van der Waals surface area (Å²) < 4.78 is 4.60. The minimum absolute atomic E-state index is 0.0851. The summed E-state index contributed by atoms with van der Waals surface area (Å²) in [5.74, 6) is 1.36. The summed E-state index contributed by atoms with van der Waals surface area (Å²) in [5, 5.41) is 4.80. The number of hydrogen-bond donors (Lipinski definition) is 0. The summed E-state index contributed by atoms with van der Waals surface area (Å²) in [6, 6.07) is 14.5. The topological polar surface area (TPSA) is 85.9 Å². The molecule has 9 heteroatoms. The van der Waals surface area contributed by atoms with Crippen molar-refractivity contribution in [3.8, 4) is 22.5 Å². The number of benzene rings is 2. The minimum Gasteiger partial charge on any atom is -0.342 e. The number of carbonyl (C=O) groups excluding carboxylic acids is 1. The zero-order valence-electron chi connectivity index (χ0n) is 20.5. The van der Waals surface area contributed by atoms with Gasteiger partial charge in [0.05, 0.1) is 21.9 Å². The third-order valence-electron chi connectivity index (χ3n) is 7.62. The predicted octanol–water partition coefficient (Wildman–Crippen LogP) is 4.33. The number of thiazole rings is 1. The van der Waals surface area contributed by atoms with Crippen LogP contribution in [0.2, 0.25) is 0 Å². The Kier molecular flexibility index (Phi) is 5.21. The van der Waals surface area contributed by atoms with Crippen LogP contribution in [0.25, 0.3) is 43.8 Å². The van der Waals surface area contributed by atoms with Gasteiger partial charge in [0.2, 0.25) is 5.91 Å². The standard InChI is InChI=1S/C28H26N6O2S/c1-32-26-22(13-30-32)28(36)34(15-17-10-11-33(14-17)27(35)20-6-7-20)25(31-26)19-4-2-18(3-5-19)21-8-9-24-23(12-21)29-16-37-24/h2-5,8-9,12-13,16-17,20H,6-7,10-11,14-15H2,1H3. The van der Waals surface area contributed by atoms with E-state index < -0.39 is 0 Å². The number of amides is 1. The molecule has 5 aromatic rings. The molecule has 0 radical (unpaired) electrons. The van der Waals surface area contributed by atoms with E-state index in [-0.39, 0.29) is 23.3 Å². The molecule has 186 valence electrons. The van der Waals surface area contributed by atoms with Crippen LogP contribution < -0.4 is 5.56 Å². The van der Waals surface area contributed by atoms with Crippen LogP contribution in [0.3, 0.4) is 0 Å². The molecule has 0 N–H and O–H groups in total. The van der Waals surface area contributed by atoms with Crippen molar-refractivity contribution in [2.45, 2.75) is 25.8 Å². The second-order valence-corrected chi connectivity index (χ2v) is 11.1. The van der Waals surface area contributed by atoms with Gasteiger partial charge in [0.15, 0.2) is 5.65 Å². The molecule has 8 nitrogen and oxygen atoms in total. The summed E-state index contributed by atoms with van der Waals surface area (Å²) in [5.41, 5.74) is 6.41. The predicted molar refractivity (Wildman–Crippen MR) is 144 cm³/mol. The lowest BCUT2D eigenvalue weighted by Crippen LogP contribution is -2.32. The summed E-state index contributed by atoms with van der Waals surface area (Å²) in [7, 11) is 1.80. The van der Waals surface area contributed by atoms with Crippen LogP contribution in [-0.2, 0) is 18.4 Å². The molecule has 7 rings (SSSR count). The first-order valence-corrected chi connectivity index (χ1v) is 13.6. The highest BCUT2D eigenvalue weighted by Gasteiger charge is 2.37. The molecule has 0 spiro atoms. The molecule has 2 fully saturated rings. The van der Waals surface area contributed by atoms with Crippen molar-refractivity contribution in [1.29, 1.82) is 0 Å². The smallest absolute Gasteiger partial charge is 0.264 e. The number of nitrogens with zero attached hydrogens (tertiary/aromatic N) is 6. The van der Waals surface area contributed by atoms with Gasteiger partial charge >= 0.3 is 0 Å². The molecule has 1 atom stereocenters. The lowest BCUT2D eigenvalue weighted by atomic mass is 10.0. The van der Waals surface area contributed by atoms with E-state index in [1.807, 2.05) is 22.5 Å². The molecular formula is C28H26N6O2S. The Morgan fingerprint density at radius 1 is 1.05 bits per heavy atom. The maximum atomic E-state index is 13.6. The van der Waals surface area contributed by atoms with Crippen LogP contribution >= 0.6 is 11.3 Å². The van der Waals surface area contributed by atoms with Gasteiger partial charge in [0, 0.05) is 38.2 Å². The first kappa shape index (κ1) is 22.4. The molecule has 2 aromatic carbocycles. The second-order valence-electron chi connectivity index (χ2n) is 10.2. The number of likely N-dealkylation sites (tertiary alicyclic amines) is 1. The summed E-state index contributed by atoms with van der Waals surface area (Å²) in [6.45, 7) is 2.00.